The molecule has 2 aliphatic heterocycles. The van der Waals surface area contributed by atoms with E-state index in [0.717, 1.165) is 22.5 Å². The van der Waals surface area contributed by atoms with Gasteiger partial charge in [-0.05, 0) is 66.2 Å². The van der Waals surface area contributed by atoms with Gasteiger partial charge in [0.1, 0.15) is 11.6 Å². The smallest absolute Gasteiger partial charge is 0.258 e. The number of nitrogens with zero attached hydrogens (tertiary/aromatic N) is 3. The largest absolute Gasteiger partial charge is 0.465 e. The number of nitrogens with one attached hydrogen (secondary N) is 2. The van der Waals surface area contributed by atoms with Crippen LogP contribution in [0.15, 0.2) is 83.7 Å². The van der Waals surface area contributed by atoms with Gasteiger partial charge >= 0.3 is 0 Å². The van der Waals surface area contributed by atoms with E-state index in [0.29, 0.717) is 28.4 Å². The van der Waals surface area contributed by atoms with E-state index >= 15 is 0 Å². The van der Waals surface area contributed by atoms with Crippen molar-refractivity contribution >= 4 is 52.3 Å². The van der Waals surface area contributed by atoms with Crippen molar-refractivity contribution in [3.63, 3.8) is 0 Å². The number of fused-ring (bicyclic) bond motifs is 2. The molecule has 0 aliphatic carbocycles. The van der Waals surface area contributed by atoms with E-state index in [1.54, 1.807) is 42.9 Å². The number of aromatic nitrogens is 2. The van der Waals surface area contributed by atoms with Crippen LogP contribution in [0.25, 0.3) is 23.3 Å². The lowest BCUT2D eigenvalue weighted by atomic mass is 10.1. The van der Waals surface area contributed by atoms with E-state index in [9.17, 15) is 9.59 Å². The molecule has 1 aromatic carbocycles. The number of carbonyl (C=O) groups is 2. The summed E-state index contributed by atoms with van der Waals surface area (Å²) in [5, 5.41) is 5.52. The van der Waals surface area contributed by atoms with Gasteiger partial charge in [-0.3, -0.25) is 14.6 Å². The lowest BCUT2D eigenvalue weighted by Crippen LogP contribution is -2.08. The zero-order valence-corrected chi connectivity index (χ0v) is 19.7. The van der Waals surface area contributed by atoms with E-state index in [-0.39, 0.29) is 11.8 Å². The van der Waals surface area contributed by atoms with Crippen LogP contribution in [-0.2, 0) is 9.59 Å². The summed E-state index contributed by atoms with van der Waals surface area (Å²) in [5.41, 5.74) is 5.60. The summed E-state index contributed by atoms with van der Waals surface area (Å²) in [6, 6.07) is 19.0. The molecule has 2 N–H and O–H groups in total. The minimum Gasteiger partial charge on any atom is -0.465 e. The molecule has 0 bridgehead atoms. The minimum absolute atomic E-state index is 0.101. The Bertz CT molecular complexity index is 1490. The first kappa shape index (κ1) is 22.8. The number of hydrogen-bond acceptors (Lipinski definition) is 6. The predicted molar refractivity (Wildman–Crippen MR) is 141 cm³/mol. The highest BCUT2D eigenvalue weighted by molar-refractivity contribution is 6.35. The van der Waals surface area contributed by atoms with Crippen LogP contribution in [0, 0.1) is 0 Å². The number of rotatable bonds is 3. The average Bonchev–Trinajstić information content (AvgIpc) is 3.59. The molecule has 0 atom stereocenters. The second-order valence-corrected chi connectivity index (χ2v) is 8.32. The Labute approximate surface area is 208 Å². The molecule has 0 spiro atoms. The number of hydrogen-bond donors (Lipinski definition) is 2. The number of carbonyl (C=O) groups excluding carboxylic acids is 2. The van der Waals surface area contributed by atoms with Crippen LogP contribution in [0.5, 0.6) is 0 Å². The third kappa shape index (κ3) is 4.65. The summed E-state index contributed by atoms with van der Waals surface area (Å²) in [6.07, 6.45) is 8.50. The molecule has 8 heteroatoms. The number of benzene rings is 1. The summed E-state index contributed by atoms with van der Waals surface area (Å²) < 4.78 is 5.18. The molecule has 0 saturated carbocycles. The third-order valence-corrected chi connectivity index (χ3v) is 5.68. The van der Waals surface area contributed by atoms with Crippen molar-refractivity contribution < 1.29 is 14.0 Å². The van der Waals surface area contributed by atoms with Crippen molar-refractivity contribution in [2.24, 2.45) is 0 Å². The van der Waals surface area contributed by atoms with Crippen molar-refractivity contribution in [2.75, 3.05) is 29.6 Å². The van der Waals surface area contributed by atoms with Gasteiger partial charge in [0, 0.05) is 37.7 Å². The summed E-state index contributed by atoms with van der Waals surface area (Å²) in [6.45, 7) is 0. The molecule has 178 valence electrons. The van der Waals surface area contributed by atoms with Crippen molar-refractivity contribution in [1.29, 1.82) is 0 Å². The Kier molecular flexibility index (Phi) is 6.15. The van der Waals surface area contributed by atoms with Gasteiger partial charge in [0.15, 0.2) is 0 Å². The molecule has 0 radical (unpaired) electrons. The topological polar surface area (TPSA) is 100 Å². The van der Waals surface area contributed by atoms with Gasteiger partial charge in [-0.15, -0.1) is 0 Å². The third-order valence-electron chi connectivity index (χ3n) is 5.68. The average molecular weight is 478 g/mol. The Hall–Kier alpha value is -4.98. The molecule has 0 saturated heterocycles. The van der Waals surface area contributed by atoms with E-state index in [1.807, 2.05) is 67.5 Å². The number of pyridine rings is 2. The second kappa shape index (κ2) is 9.71. The quantitative estimate of drug-likeness (QED) is 0.411. The lowest BCUT2D eigenvalue weighted by Gasteiger charge is -2.11. The lowest BCUT2D eigenvalue weighted by molar-refractivity contribution is -0.111. The standard InChI is InChI=1S/C16H15N3O.C12H8N2O2/c1-19(2)12-7-5-11(6-8-12)10-13-15-14(18-16(13)20)4-3-9-17-15;15-12-10(7-8-3-2-6-16-8)9-4-1-5-13-11(9)14-12/h3-10H,1-2H3,(H,18,20);1-7H,(H,13,14,15)/b;10-7+. The highest BCUT2D eigenvalue weighted by atomic mass is 16.3. The molecular weight excluding hydrogens is 454 g/mol. The maximum Gasteiger partial charge on any atom is 0.258 e. The molecule has 3 aromatic heterocycles. The zero-order chi connectivity index (χ0) is 25.1. The van der Waals surface area contributed by atoms with Gasteiger partial charge in [0.05, 0.1) is 28.8 Å². The first-order valence-electron chi connectivity index (χ1n) is 11.3. The van der Waals surface area contributed by atoms with Gasteiger partial charge in [0.2, 0.25) is 0 Å². The fraction of sp³-hybridized carbons (Fsp3) is 0.0714. The highest BCUT2D eigenvalue weighted by Gasteiger charge is 2.25. The van der Waals surface area contributed by atoms with Gasteiger partial charge in [0.25, 0.3) is 11.8 Å². The maximum atomic E-state index is 12.0. The molecule has 6 rings (SSSR count). The molecule has 0 unspecified atom stereocenters. The number of furan rings is 1. The van der Waals surface area contributed by atoms with Crippen LogP contribution in [-0.4, -0.2) is 35.9 Å². The van der Waals surface area contributed by atoms with E-state index in [1.165, 1.54) is 0 Å². The summed E-state index contributed by atoms with van der Waals surface area (Å²) >= 11 is 0. The first-order chi connectivity index (χ1) is 17.5. The van der Waals surface area contributed by atoms with Gasteiger partial charge < -0.3 is 20.0 Å². The van der Waals surface area contributed by atoms with Crippen LogP contribution in [0.4, 0.5) is 17.2 Å². The Morgan fingerprint density at radius 3 is 2.31 bits per heavy atom. The van der Waals surface area contributed by atoms with E-state index < -0.39 is 0 Å². The van der Waals surface area contributed by atoms with E-state index in [4.69, 9.17) is 4.42 Å². The maximum absolute atomic E-state index is 12.0. The SMILES string of the molecule is CN(C)c1ccc(C=C2C(=O)Nc3cccnc32)cc1.O=C1Nc2ncccc2/C1=C\c1ccco1. The predicted octanol–water partition coefficient (Wildman–Crippen LogP) is 4.81. The van der Waals surface area contributed by atoms with Crippen LogP contribution < -0.4 is 15.5 Å². The summed E-state index contributed by atoms with van der Waals surface area (Å²) in [5.74, 6) is 1.01. The van der Waals surface area contributed by atoms with Gasteiger partial charge in [-0.25, -0.2) is 4.98 Å². The summed E-state index contributed by atoms with van der Waals surface area (Å²) in [4.78, 5) is 34.1. The van der Waals surface area contributed by atoms with Crippen LogP contribution in [0.1, 0.15) is 22.6 Å². The minimum atomic E-state index is -0.148. The second-order valence-electron chi connectivity index (χ2n) is 8.32. The zero-order valence-electron chi connectivity index (χ0n) is 19.7. The fourth-order valence-electron chi connectivity index (χ4n) is 3.87. The molecule has 2 amide bonds. The fourth-order valence-corrected chi connectivity index (χ4v) is 3.87. The molecule has 36 heavy (non-hydrogen) atoms. The van der Waals surface area contributed by atoms with Gasteiger partial charge in [-0.1, -0.05) is 12.1 Å². The van der Waals surface area contributed by atoms with Crippen molar-refractivity contribution in [3.05, 3.63) is 102 Å². The van der Waals surface area contributed by atoms with Crippen molar-refractivity contribution in [2.45, 2.75) is 0 Å². The highest BCUT2D eigenvalue weighted by Crippen LogP contribution is 2.32. The number of anilines is 3. The Morgan fingerprint density at radius 1 is 0.806 bits per heavy atom. The first-order valence-corrected chi connectivity index (χ1v) is 11.3. The van der Waals surface area contributed by atoms with E-state index in [2.05, 4.69) is 20.6 Å². The molecular formula is C28H23N5O3. The molecule has 5 heterocycles. The van der Waals surface area contributed by atoms with Crippen molar-refractivity contribution in [3.8, 4) is 0 Å². The molecule has 8 nitrogen and oxygen atoms in total. The van der Waals surface area contributed by atoms with Crippen molar-refractivity contribution in [1.82, 2.24) is 9.97 Å². The Morgan fingerprint density at radius 2 is 1.56 bits per heavy atom. The van der Waals surface area contributed by atoms with Crippen LogP contribution in [0.3, 0.4) is 0 Å². The monoisotopic (exact) mass is 477 g/mol. The van der Waals surface area contributed by atoms with Crippen LogP contribution in [0.2, 0.25) is 0 Å². The molecule has 0 fully saturated rings. The van der Waals surface area contributed by atoms with Crippen LogP contribution >= 0.6 is 0 Å². The molecule has 2 aliphatic rings. The Balaban J connectivity index is 0.000000152. The molecule has 4 aromatic rings. The number of amides is 2. The normalized spacial score (nSPS) is 15.6. The van der Waals surface area contributed by atoms with Gasteiger partial charge in [-0.2, -0.15) is 0 Å². The summed E-state index contributed by atoms with van der Waals surface area (Å²) in [7, 11) is 4.00.